The van der Waals surface area contributed by atoms with Gasteiger partial charge in [0.1, 0.15) is 0 Å². The van der Waals surface area contributed by atoms with Gasteiger partial charge in [0.2, 0.25) is 0 Å². The van der Waals surface area contributed by atoms with E-state index < -0.39 is 0 Å². The lowest BCUT2D eigenvalue weighted by molar-refractivity contribution is 0.00525. The second-order valence-corrected chi connectivity index (χ2v) is 4.55. The number of hydrogen-bond acceptors (Lipinski definition) is 3. The van der Waals surface area contributed by atoms with Crippen LogP contribution in [-0.4, -0.2) is 39.6 Å². The minimum atomic E-state index is 0.597. The first-order chi connectivity index (χ1) is 7.13. The van der Waals surface area contributed by atoms with E-state index in [2.05, 4.69) is 27.7 Å². The monoisotopic (exact) mass is 218 g/mol. The van der Waals surface area contributed by atoms with Crippen LogP contribution in [0.4, 0.5) is 0 Å². The smallest absolute Gasteiger partial charge is 0.0701 e. The molecule has 0 saturated heterocycles. The Morgan fingerprint density at radius 1 is 0.600 bits per heavy atom. The van der Waals surface area contributed by atoms with Crippen LogP contribution >= 0.6 is 0 Å². The van der Waals surface area contributed by atoms with Gasteiger partial charge in [0.15, 0.2) is 0 Å². The average molecular weight is 218 g/mol. The van der Waals surface area contributed by atoms with Gasteiger partial charge < -0.3 is 14.2 Å². The number of rotatable bonds is 10. The van der Waals surface area contributed by atoms with Crippen molar-refractivity contribution in [3.63, 3.8) is 0 Å². The van der Waals surface area contributed by atoms with Crippen molar-refractivity contribution in [1.29, 1.82) is 0 Å². The van der Waals surface area contributed by atoms with E-state index in [0.717, 1.165) is 13.2 Å². The Bertz CT molecular complexity index is 110. The Labute approximate surface area is 94.1 Å². The van der Waals surface area contributed by atoms with E-state index in [1.807, 2.05) is 0 Å². The van der Waals surface area contributed by atoms with Crippen molar-refractivity contribution in [2.75, 3.05) is 39.6 Å². The quantitative estimate of drug-likeness (QED) is 0.527. The largest absolute Gasteiger partial charge is 0.379 e. The molecule has 0 aliphatic rings. The average Bonchev–Trinajstić information content (AvgIpc) is 2.14. The molecule has 0 fully saturated rings. The van der Waals surface area contributed by atoms with Crippen molar-refractivity contribution in [2.45, 2.75) is 27.7 Å². The SMILES string of the molecule is CC(C)COCCOCCOCC(C)C. The molecule has 0 N–H and O–H groups in total. The van der Waals surface area contributed by atoms with E-state index in [1.165, 1.54) is 0 Å². The van der Waals surface area contributed by atoms with Crippen molar-refractivity contribution < 1.29 is 14.2 Å². The maximum Gasteiger partial charge on any atom is 0.0701 e. The van der Waals surface area contributed by atoms with E-state index in [0.29, 0.717) is 38.3 Å². The van der Waals surface area contributed by atoms with E-state index >= 15 is 0 Å². The van der Waals surface area contributed by atoms with E-state index in [1.54, 1.807) is 0 Å². The minimum absolute atomic E-state index is 0.597. The first kappa shape index (κ1) is 14.9. The highest BCUT2D eigenvalue weighted by Gasteiger charge is 1.95. The van der Waals surface area contributed by atoms with E-state index in [9.17, 15) is 0 Å². The van der Waals surface area contributed by atoms with Crippen molar-refractivity contribution in [2.24, 2.45) is 11.8 Å². The molecule has 0 amide bonds. The molecule has 92 valence electrons. The zero-order valence-corrected chi connectivity index (χ0v) is 10.6. The van der Waals surface area contributed by atoms with Crippen LogP contribution < -0.4 is 0 Å². The lowest BCUT2D eigenvalue weighted by atomic mass is 10.2. The van der Waals surface area contributed by atoms with Crippen molar-refractivity contribution in [3.05, 3.63) is 0 Å². The molecule has 3 heteroatoms. The number of ether oxygens (including phenoxy) is 3. The van der Waals surface area contributed by atoms with Crippen LogP contribution in [0.15, 0.2) is 0 Å². The van der Waals surface area contributed by atoms with Crippen LogP contribution in [0.5, 0.6) is 0 Å². The fourth-order valence-corrected chi connectivity index (χ4v) is 0.976. The third-order valence-corrected chi connectivity index (χ3v) is 1.65. The third-order valence-electron chi connectivity index (χ3n) is 1.65. The Balaban J connectivity index is 2.93. The molecule has 0 heterocycles. The summed E-state index contributed by atoms with van der Waals surface area (Å²) < 4.78 is 16.1. The normalized spacial score (nSPS) is 11.6. The summed E-state index contributed by atoms with van der Waals surface area (Å²) in [7, 11) is 0. The molecular formula is C12H26O3. The molecule has 0 atom stereocenters. The van der Waals surface area contributed by atoms with Gasteiger partial charge >= 0.3 is 0 Å². The predicted molar refractivity (Wildman–Crippen MR) is 62.1 cm³/mol. The molecule has 0 bridgehead atoms. The van der Waals surface area contributed by atoms with Crippen LogP contribution in [0.25, 0.3) is 0 Å². The number of hydrogen-bond donors (Lipinski definition) is 0. The zero-order chi connectivity index (χ0) is 11.5. The lowest BCUT2D eigenvalue weighted by Crippen LogP contribution is -2.12. The molecule has 15 heavy (non-hydrogen) atoms. The summed E-state index contributed by atoms with van der Waals surface area (Å²) in [5, 5.41) is 0. The summed E-state index contributed by atoms with van der Waals surface area (Å²) in [6.45, 7) is 12.9. The zero-order valence-electron chi connectivity index (χ0n) is 10.6. The molecule has 0 spiro atoms. The molecule has 0 aromatic heterocycles. The summed E-state index contributed by atoms with van der Waals surface area (Å²) >= 11 is 0. The van der Waals surface area contributed by atoms with Gasteiger partial charge in [-0.25, -0.2) is 0 Å². The van der Waals surface area contributed by atoms with Gasteiger partial charge in [-0.2, -0.15) is 0 Å². The Morgan fingerprint density at radius 3 is 1.27 bits per heavy atom. The highest BCUT2D eigenvalue weighted by Crippen LogP contribution is 1.93. The van der Waals surface area contributed by atoms with Crippen molar-refractivity contribution >= 4 is 0 Å². The maximum atomic E-state index is 5.37. The fourth-order valence-electron chi connectivity index (χ4n) is 0.976. The summed E-state index contributed by atoms with van der Waals surface area (Å²) in [6, 6.07) is 0. The van der Waals surface area contributed by atoms with Gasteiger partial charge in [-0.3, -0.25) is 0 Å². The van der Waals surface area contributed by atoms with Gasteiger partial charge in [0.25, 0.3) is 0 Å². The first-order valence-electron chi connectivity index (χ1n) is 5.86. The van der Waals surface area contributed by atoms with Crippen LogP contribution in [-0.2, 0) is 14.2 Å². The van der Waals surface area contributed by atoms with Gasteiger partial charge in [-0.05, 0) is 11.8 Å². The highest BCUT2D eigenvalue weighted by molar-refractivity contribution is 4.41. The predicted octanol–water partition coefficient (Wildman–Crippen LogP) is 2.35. The van der Waals surface area contributed by atoms with E-state index in [4.69, 9.17) is 14.2 Å². The first-order valence-corrected chi connectivity index (χ1v) is 5.86. The molecule has 0 rings (SSSR count). The van der Waals surface area contributed by atoms with Crippen LogP contribution in [0, 0.1) is 11.8 Å². The standard InChI is InChI=1S/C12H26O3/c1-11(2)9-14-7-5-13-6-8-15-10-12(3)4/h11-12H,5-10H2,1-4H3. The molecule has 0 radical (unpaired) electrons. The molecule has 3 nitrogen and oxygen atoms in total. The van der Waals surface area contributed by atoms with Gasteiger partial charge in [0.05, 0.1) is 26.4 Å². The Morgan fingerprint density at radius 2 is 0.933 bits per heavy atom. The molecular weight excluding hydrogens is 192 g/mol. The maximum absolute atomic E-state index is 5.37. The van der Waals surface area contributed by atoms with Gasteiger partial charge in [0, 0.05) is 13.2 Å². The van der Waals surface area contributed by atoms with Crippen molar-refractivity contribution in [1.82, 2.24) is 0 Å². The molecule has 0 aromatic carbocycles. The summed E-state index contributed by atoms with van der Waals surface area (Å²) in [5.74, 6) is 1.19. The van der Waals surface area contributed by atoms with Gasteiger partial charge in [-0.1, -0.05) is 27.7 Å². The second kappa shape index (κ2) is 10.4. The Kier molecular flexibility index (Phi) is 10.3. The van der Waals surface area contributed by atoms with E-state index in [-0.39, 0.29) is 0 Å². The topological polar surface area (TPSA) is 27.7 Å². The molecule has 0 aliphatic heterocycles. The lowest BCUT2D eigenvalue weighted by Gasteiger charge is -2.08. The summed E-state index contributed by atoms with van der Waals surface area (Å²) in [5.41, 5.74) is 0. The van der Waals surface area contributed by atoms with Crippen LogP contribution in [0.3, 0.4) is 0 Å². The van der Waals surface area contributed by atoms with Crippen LogP contribution in [0.2, 0.25) is 0 Å². The molecule has 0 aliphatic carbocycles. The second-order valence-electron chi connectivity index (χ2n) is 4.55. The fraction of sp³-hybridized carbons (Fsp3) is 1.00. The molecule has 0 saturated carbocycles. The molecule has 0 aromatic rings. The Hall–Kier alpha value is -0.120. The van der Waals surface area contributed by atoms with Crippen LogP contribution in [0.1, 0.15) is 27.7 Å². The molecule has 0 unspecified atom stereocenters. The highest BCUT2D eigenvalue weighted by atomic mass is 16.5. The van der Waals surface area contributed by atoms with Gasteiger partial charge in [-0.15, -0.1) is 0 Å². The summed E-state index contributed by atoms with van der Waals surface area (Å²) in [6.07, 6.45) is 0. The third kappa shape index (κ3) is 13.9. The minimum Gasteiger partial charge on any atom is -0.379 e. The summed E-state index contributed by atoms with van der Waals surface area (Å²) in [4.78, 5) is 0. The van der Waals surface area contributed by atoms with Crippen molar-refractivity contribution in [3.8, 4) is 0 Å².